The number of carbonyl (C=O) groups is 1. The van der Waals surface area contributed by atoms with Crippen LogP contribution in [0, 0.1) is 0 Å². The molecule has 0 N–H and O–H groups in total. The van der Waals surface area contributed by atoms with Gasteiger partial charge < -0.3 is 4.90 Å². The summed E-state index contributed by atoms with van der Waals surface area (Å²) >= 11 is 0. The molecule has 0 aliphatic rings. The molecule has 0 aliphatic carbocycles. The summed E-state index contributed by atoms with van der Waals surface area (Å²) in [5.41, 5.74) is 0. The van der Waals surface area contributed by atoms with Crippen molar-refractivity contribution in [2.75, 3.05) is 13.1 Å². The van der Waals surface area contributed by atoms with Crippen LogP contribution in [0.1, 0.15) is 67.7 Å². The molecular formula is C13H31NO. The van der Waals surface area contributed by atoms with Crippen molar-refractivity contribution in [2.45, 2.75) is 67.7 Å². The lowest BCUT2D eigenvalue weighted by atomic mass is 10.4. The minimum absolute atomic E-state index is 0.250. The van der Waals surface area contributed by atoms with Crippen LogP contribution in [0.25, 0.3) is 0 Å². The standard InChI is InChI=1S/C7H15NO.2C3H8/c1-4-7(9)8(5-2)6-3;2*1-3-2/h4-6H2,1-3H3;2*3H2,1-2H3. The monoisotopic (exact) mass is 217 g/mol. The molecule has 0 spiro atoms. The molecule has 0 rings (SSSR count). The maximum absolute atomic E-state index is 10.9. The highest BCUT2D eigenvalue weighted by molar-refractivity contribution is 5.75. The zero-order valence-corrected chi connectivity index (χ0v) is 11.9. The second-order valence-corrected chi connectivity index (χ2v) is 3.33. The normalized spacial score (nSPS) is 7.93. The summed E-state index contributed by atoms with van der Waals surface area (Å²) in [6.45, 7) is 16.1. The van der Waals surface area contributed by atoms with Gasteiger partial charge in [-0.1, -0.05) is 47.5 Å². The third-order valence-corrected chi connectivity index (χ3v) is 1.42. The summed E-state index contributed by atoms with van der Waals surface area (Å²) < 4.78 is 0. The summed E-state index contributed by atoms with van der Waals surface area (Å²) in [7, 11) is 0. The van der Waals surface area contributed by atoms with Gasteiger partial charge in [0.05, 0.1) is 0 Å². The minimum Gasteiger partial charge on any atom is -0.343 e. The number of carbonyl (C=O) groups excluding carboxylic acids is 1. The van der Waals surface area contributed by atoms with Gasteiger partial charge >= 0.3 is 0 Å². The van der Waals surface area contributed by atoms with E-state index in [9.17, 15) is 4.79 Å². The number of amides is 1. The van der Waals surface area contributed by atoms with Crippen LogP contribution in [0.15, 0.2) is 0 Å². The van der Waals surface area contributed by atoms with Crippen molar-refractivity contribution in [3.63, 3.8) is 0 Å². The van der Waals surface area contributed by atoms with E-state index in [1.807, 2.05) is 25.7 Å². The second kappa shape index (κ2) is 19.1. The topological polar surface area (TPSA) is 20.3 Å². The fourth-order valence-corrected chi connectivity index (χ4v) is 0.800. The fraction of sp³-hybridized carbons (Fsp3) is 0.923. The van der Waals surface area contributed by atoms with Crippen molar-refractivity contribution in [2.24, 2.45) is 0 Å². The van der Waals surface area contributed by atoms with Crippen LogP contribution in [-0.2, 0) is 4.79 Å². The lowest BCUT2D eigenvalue weighted by Crippen LogP contribution is -2.29. The molecule has 2 heteroatoms. The Hall–Kier alpha value is -0.530. The van der Waals surface area contributed by atoms with Gasteiger partial charge in [-0.15, -0.1) is 0 Å². The summed E-state index contributed by atoms with van der Waals surface area (Å²) in [6, 6.07) is 0. The molecule has 0 unspecified atom stereocenters. The zero-order chi connectivity index (χ0) is 12.7. The van der Waals surface area contributed by atoms with Gasteiger partial charge in [-0.25, -0.2) is 0 Å². The summed E-state index contributed by atoms with van der Waals surface area (Å²) in [4.78, 5) is 12.7. The Morgan fingerprint density at radius 2 is 1.07 bits per heavy atom. The van der Waals surface area contributed by atoms with Gasteiger partial charge in [0.1, 0.15) is 0 Å². The van der Waals surface area contributed by atoms with Gasteiger partial charge in [0.25, 0.3) is 0 Å². The molecule has 1 amide bonds. The highest BCUT2D eigenvalue weighted by atomic mass is 16.2. The van der Waals surface area contributed by atoms with Crippen LogP contribution in [0.4, 0.5) is 0 Å². The van der Waals surface area contributed by atoms with Crippen molar-refractivity contribution >= 4 is 5.91 Å². The Bertz CT molecular complexity index is 107. The van der Waals surface area contributed by atoms with E-state index >= 15 is 0 Å². The number of rotatable bonds is 3. The second-order valence-electron chi connectivity index (χ2n) is 3.33. The van der Waals surface area contributed by atoms with Crippen LogP contribution in [0.2, 0.25) is 0 Å². The molecule has 15 heavy (non-hydrogen) atoms. The van der Waals surface area contributed by atoms with Crippen LogP contribution in [0.5, 0.6) is 0 Å². The molecule has 0 aromatic heterocycles. The third kappa shape index (κ3) is 19.8. The molecular weight excluding hydrogens is 186 g/mol. The largest absolute Gasteiger partial charge is 0.343 e. The van der Waals surface area contributed by atoms with Gasteiger partial charge in [-0.3, -0.25) is 4.79 Å². The van der Waals surface area contributed by atoms with Crippen molar-refractivity contribution < 1.29 is 4.79 Å². The molecule has 2 nitrogen and oxygen atoms in total. The first-order chi connectivity index (χ1) is 7.09. The fourth-order valence-electron chi connectivity index (χ4n) is 0.800. The molecule has 94 valence electrons. The Morgan fingerprint density at radius 3 is 1.13 bits per heavy atom. The van der Waals surface area contributed by atoms with E-state index in [4.69, 9.17) is 0 Å². The number of hydrogen-bond donors (Lipinski definition) is 0. The molecule has 0 radical (unpaired) electrons. The van der Waals surface area contributed by atoms with E-state index in [1.54, 1.807) is 0 Å². The van der Waals surface area contributed by atoms with Gasteiger partial charge in [-0.2, -0.15) is 0 Å². The average molecular weight is 217 g/mol. The summed E-state index contributed by atoms with van der Waals surface area (Å²) in [6.07, 6.45) is 3.13. The molecule has 0 saturated heterocycles. The smallest absolute Gasteiger partial charge is 0.222 e. The van der Waals surface area contributed by atoms with E-state index in [0.29, 0.717) is 6.42 Å². The lowest BCUT2D eigenvalue weighted by Gasteiger charge is -2.16. The van der Waals surface area contributed by atoms with Gasteiger partial charge in [-0.05, 0) is 13.8 Å². The number of hydrogen-bond acceptors (Lipinski definition) is 1. The van der Waals surface area contributed by atoms with Crippen LogP contribution < -0.4 is 0 Å². The van der Waals surface area contributed by atoms with Crippen molar-refractivity contribution in [3.05, 3.63) is 0 Å². The maximum Gasteiger partial charge on any atom is 0.222 e. The highest BCUT2D eigenvalue weighted by Gasteiger charge is 2.03. The third-order valence-electron chi connectivity index (χ3n) is 1.42. The summed E-state index contributed by atoms with van der Waals surface area (Å²) in [5, 5.41) is 0. The zero-order valence-electron chi connectivity index (χ0n) is 11.9. The quantitative estimate of drug-likeness (QED) is 0.697. The first kappa shape index (κ1) is 20.0. The van der Waals surface area contributed by atoms with Gasteiger partial charge in [0.2, 0.25) is 5.91 Å². The van der Waals surface area contributed by atoms with Crippen LogP contribution >= 0.6 is 0 Å². The highest BCUT2D eigenvalue weighted by Crippen LogP contribution is 1.91. The first-order valence-corrected chi connectivity index (χ1v) is 6.36. The van der Waals surface area contributed by atoms with E-state index in [1.165, 1.54) is 12.8 Å². The van der Waals surface area contributed by atoms with Crippen molar-refractivity contribution in [1.82, 2.24) is 4.90 Å². The summed E-state index contributed by atoms with van der Waals surface area (Å²) in [5.74, 6) is 0.250. The molecule has 0 saturated carbocycles. The Labute approximate surface area is 97.1 Å². The van der Waals surface area contributed by atoms with E-state index in [0.717, 1.165) is 13.1 Å². The van der Waals surface area contributed by atoms with E-state index in [-0.39, 0.29) is 5.91 Å². The lowest BCUT2D eigenvalue weighted by molar-refractivity contribution is -0.130. The van der Waals surface area contributed by atoms with E-state index < -0.39 is 0 Å². The SMILES string of the molecule is CCC.CCC.CCC(=O)N(CC)CC. The molecule has 0 bridgehead atoms. The van der Waals surface area contributed by atoms with Crippen molar-refractivity contribution in [3.8, 4) is 0 Å². The predicted molar refractivity (Wildman–Crippen MR) is 70.1 cm³/mol. The average Bonchev–Trinajstić information content (AvgIpc) is 2.21. The van der Waals surface area contributed by atoms with Crippen molar-refractivity contribution in [1.29, 1.82) is 0 Å². The molecule has 0 atom stereocenters. The number of nitrogens with zero attached hydrogens (tertiary/aromatic N) is 1. The maximum atomic E-state index is 10.9. The first-order valence-electron chi connectivity index (χ1n) is 6.36. The molecule has 0 fully saturated rings. The van der Waals surface area contributed by atoms with Crippen LogP contribution in [0.3, 0.4) is 0 Å². The van der Waals surface area contributed by atoms with Gasteiger partial charge in [0.15, 0.2) is 0 Å². The Morgan fingerprint density at radius 1 is 0.800 bits per heavy atom. The molecule has 0 aromatic carbocycles. The predicted octanol–water partition coefficient (Wildman–Crippen LogP) is 4.10. The van der Waals surface area contributed by atoms with Crippen LogP contribution in [-0.4, -0.2) is 23.9 Å². The molecule has 0 aliphatic heterocycles. The van der Waals surface area contributed by atoms with Gasteiger partial charge in [0, 0.05) is 19.5 Å². The Balaban J connectivity index is -0.000000200. The molecule has 0 heterocycles. The Kier molecular flexibility index (Phi) is 25.4. The minimum atomic E-state index is 0.250. The molecule has 0 aromatic rings. The van der Waals surface area contributed by atoms with E-state index in [2.05, 4.69) is 27.7 Å².